The third-order valence-corrected chi connectivity index (χ3v) is 6.33. The van der Waals surface area contributed by atoms with Crippen molar-refractivity contribution in [2.75, 3.05) is 18.0 Å². The number of aromatic nitrogens is 1. The van der Waals surface area contributed by atoms with Gasteiger partial charge in [0, 0.05) is 30.2 Å². The zero-order valence-corrected chi connectivity index (χ0v) is 17.5. The highest BCUT2D eigenvalue weighted by Crippen LogP contribution is 2.36. The molecule has 4 nitrogen and oxygen atoms in total. The molecule has 2 aliphatic rings. The van der Waals surface area contributed by atoms with E-state index in [-0.39, 0.29) is 22.9 Å². The minimum atomic E-state index is -4.48. The molecule has 30 heavy (non-hydrogen) atoms. The zero-order chi connectivity index (χ0) is 21.5. The predicted octanol–water partition coefficient (Wildman–Crippen LogP) is 5.43. The first-order valence-corrected chi connectivity index (χ1v) is 10.5. The fourth-order valence-electron chi connectivity index (χ4n) is 4.20. The van der Waals surface area contributed by atoms with Crippen LogP contribution in [0.5, 0.6) is 0 Å². The number of carbonyl (C=O) groups is 1. The van der Waals surface area contributed by atoms with Crippen molar-refractivity contribution in [1.82, 2.24) is 10.3 Å². The van der Waals surface area contributed by atoms with E-state index in [9.17, 15) is 18.0 Å². The molecule has 160 valence electrons. The van der Waals surface area contributed by atoms with Crippen LogP contribution < -0.4 is 10.2 Å². The average molecular weight is 458 g/mol. The third kappa shape index (κ3) is 4.37. The Morgan fingerprint density at radius 3 is 2.53 bits per heavy atom. The molecule has 1 aliphatic carbocycles. The van der Waals surface area contributed by atoms with Crippen LogP contribution in [0, 0.1) is 5.92 Å². The number of nitrogens with one attached hydrogen (secondary N) is 1. The van der Waals surface area contributed by atoms with Gasteiger partial charge >= 0.3 is 6.18 Å². The van der Waals surface area contributed by atoms with Gasteiger partial charge in [0.1, 0.15) is 5.82 Å². The number of hydrogen-bond donors (Lipinski definition) is 1. The number of fused-ring (bicyclic) bond motifs is 1. The van der Waals surface area contributed by atoms with Crippen molar-refractivity contribution < 1.29 is 18.0 Å². The fourth-order valence-corrected chi connectivity index (χ4v) is 4.68. The van der Waals surface area contributed by atoms with E-state index in [0.29, 0.717) is 36.8 Å². The topological polar surface area (TPSA) is 45.2 Å². The molecular formula is C21H20Cl2F3N3O. The van der Waals surface area contributed by atoms with Crippen LogP contribution in [-0.4, -0.2) is 24.0 Å². The molecule has 1 saturated heterocycles. The van der Waals surface area contributed by atoms with Crippen LogP contribution in [0.15, 0.2) is 30.5 Å². The van der Waals surface area contributed by atoms with Crippen molar-refractivity contribution in [2.24, 2.45) is 5.92 Å². The molecule has 0 saturated carbocycles. The summed E-state index contributed by atoms with van der Waals surface area (Å²) in [6.45, 7) is 1.01. The lowest BCUT2D eigenvalue weighted by Gasteiger charge is -2.33. The standard InChI is InChI=1S/C21H20Cl2F3N3O/c22-15-2-3-16-13(9-15)1-4-18(16)28-20(30)12-5-7-29(8-6-12)19-17(23)10-14(11-27-19)21(24,25)26/h2-3,9-12,18H,1,4-8H2,(H,28,30). The molecule has 4 rings (SSSR count). The minimum absolute atomic E-state index is 0.00572. The van der Waals surface area contributed by atoms with Gasteiger partial charge in [-0.15, -0.1) is 0 Å². The second-order valence-corrected chi connectivity index (χ2v) is 8.58. The molecule has 1 aromatic heterocycles. The number of pyridine rings is 1. The van der Waals surface area contributed by atoms with Crippen LogP contribution in [0.2, 0.25) is 10.0 Å². The first kappa shape index (κ1) is 21.2. The average Bonchev–Trinajstić information content (AvgIpc) is 3.09. The van der Waals surface area contributed by atoms with Crippen molar-refractivity contribution in [3.05, 3.63) is 57.2 Å². The summed E-state index contributed by atoms with van der Waals surface area (Å²) < 4.78 is 38.4. The van der Waals surface area contributed by atoms with Crippen molar-refractivity contribution in [2.45, 2.75) is 37.9 Å². The number of aryl methyl sites for hydroxylation is 1. The van der Waals surface area contributed by atoms with Crippen LogP contribution in [0.25, 0.3) is 0 Å². The fraction of sp³-hybridized carbons (Fsp3) is 0.429. The summed E-state index contributed by atoms with van der Waals surface area (Å²) in [6.07, 6.45) is -0.771. The normalized spacial score (nSPS) is 19.6. The molecule has 0 radical (unpaired) electrons. The van der Waals surface area contributed by atoms with Gasteiger partial charge in [-0.1, -0.05) is 29.3 Å². The van der Waals surface area contributed by atoms with Gasteiger partial charge < -0.3 is 10.2 Å². The highest BCUT2D eigenvalue weighted by atomic mass is 35.5. The molecule has 1 fully saturated rings. The highest BCUT2D eigenvalue weighted by molar-refractivity contribution is 6.33. The second kappa shape index (κ2) is 8.27. The maximum absolute atomic E-state index is 12.8. The van der Waals surface area contributed by atoms with Gasteiger partial charge in [-0.05, 0) is 55.0 Å². The van der Waals surface area contributed by atoms with E-state index in [2.05, 4.69) is 10.3 Å². The lowest BCUT2D eigenvalue weighted by molar-refractivity contribution is -0.137. The summed E-state index contributed by atoms with van der Waals surface area (Å²) in [4.78, 5) is 18.5. The zero-order valence-electron chi connectivity index (χ0n) is 16.0. The Labute approximate surface area is 182 Å². The van der Waals surface area contributed by atoms with Gasteiger partial charge in [0.15, 0.2) is 0 Å². The predicted molar refractivity (Wildman–Crippen MR) is 110 cm³/mol. The summed E-state index contributed by atoms with van der Waals surface area (Å²) in [7, 11) is 0. The summed E-state index contributed by atoms with van der Waals surface area (Å²) in [5.41, 5.74) is 1.42. The molecule has 0 spiro atoms. The minimum Gasteiger partial charge on any atom is -0.355 e. The number of piperidine rings is 1. The molecule has 1 atom stereocenters. The smallest absolute Gasteiger partial charge is 0.355 e. The maximum atomic E-state index is 12.8. The van der Waals surface area contributed by atoms with Crippen LogP contribution in [0.4, 0.5) is 19.0 Å². The number of anilines is 1. The quantitative estimate of drug-likeness (QED) is 0.668. The summed E-state index contributed by atoms with van der Waals surface area (Å²) in [5, 5.41) is 3.81. The highest BCUT2D eigenvalue weighted by Gasteiger charge is 2.33. The maximum Gasteiger partial charge on any atom is 0.417 e. The van der Waals surface area contributed by atoms with Crippen LogP contribution in [-0.2, 0) is 17.4 Å². The molecule has 1 amide bonds. The Morgan fingerprint density at radius 1 is 1.13 bits per heavy atom. The number of nitrogens with zero attached hydrogens (tertiary/aromatic N) is 2. The van der Waals surface area contributed by atoms with E-state index in [1.807, 2.05) is 23.1 Å². The van der Waals surface area contributed by atoms with Gasteiger partial charge in [-0.25, -0.2) is 4.98 Å². The number of benzene rings is 1. The molecule has 1 aliphatic heterocycles. The first-order chi connectivity index (χ1) is 14.2. The van der Waals surface area contributed by atoms with Crippen LogP contribution in [0.1, 0.15) is 42.0 Å². The van der Waals surface area contributed by atoms with Crippen molar-refractivity contribution in [3.63, 3.8) is 0 Å². The van der Waals surface area contributed by atoms with Gasteiger partial charge in [-0.2, -0.15) is 13.2 Å². The summed E-state index contributed by atoms with van der Waals surface area (Å²) >= 11 is 12.1. The number of hydrogen-bond acceptors (Lipinski definition) is 3. The van der Waals surface area contributed by atoms with E-state index in [0.717, 1.165) is 30.7 Å². The lowest BCUT2D eigenvalue weighted by atomic mass is 9.95. The van der Waals surface area contributed by atoms with Gasteiger partial charge in [0.25, 0.3) is 0 Å². The van der Waals surface area contributed by atoms with E-state index in [1.54, 1.807) is 0 Å². The number of rotatable bonds is 3. The van der Waals surface area contributed by atoms with E-state index < -0.39 is 11.7 Å². The molecule has 1 unspecified atom stereocenters. The Morgan fingerprint density at radius 2 is 1.87 bits per heavy atom. The lowest BCUT2D eigenvalue weighted by Crippen LogP contribution is -2.41. The van der Waals surface area contributed by atoms with E-state index in [4.69, 9.17) is 23.2 Å². The van der Waals surface area contributed by atoms with Gasteiger partial charge in [0.05, 0.1) is 16.6 Å². The number of alkyl halides is 3. The number of amides is 1. The summed E-state index contributed by atoms with van der Waals surface area (Å²) in [5.74, 6) is 0.185. The first-order valence-electron chi connectivity index (χ1n) is 9.79. The SMILES string of the molecule is O=C(NC1CCc2cc(Cl)ccc21)C1CCN(c2ncc(C(F)(F)F)cc2Cl)CC1. The second-order valence-electron chi connectivity index (χ2n) is 7.73. The van der Waals surface area contributed by atoms with E-state index >= 15 is 0 Å². The Bertz CT molecular complexity index is 959. The van der Waals surface area contributed by atoms with Crippen molar-refractivity contribution in [3.8, 4) is 0 Å². The number of halogens is 5. The molecule has 9 heteroatoms. The number of carbonyl (C=O) groups excluding carboxylic acids is 1. The van der Waals surface area contributed by atoms with E-state index in [1.165, 1.54) is 5.56 Å². The third-order valence-electron chi connectivity index (χ3n) is 5.81. The molecule has 0 bridgehead atoms. The molecule has 2 heterocycles. The van der Waals surface area contributed by atoms with Crippen molar-refractivity contribution in [1.29, 1.82) is 0 Å². The Hall–Kier alpha value is -1.99. The Kier molecular flexibility index (Phi) is 5.86. The molecule has 2 aromatic rings. The van der Waals surface area contributed by atoms with Crippen LogP contribution in [0.3, 0.4) is 0 Å². The molecule has 1 N–H and O–H groups in total. The van der Waals surface area contributed by atoms with Crippen molar-refractivity contribution >= 4 is 34.9 Å². The van der Waals surface area contributed by atoms with Gasteiger partial charge in [-0.3, -0.25) is 4.79 Å². The summed E-state index contributed by atoms with van der Waals surface area (Å²) in [6, 6.07) is 6.64. The monoisotopic (exact) mass is 457 g/mol. The van der Waals surface area contributed by atoms with Gasteiger partial charge in [0.2, 0.25) is 5.91 Å². The van der Waals surface area contributed by atoms with Crippen LogP contribution >= 0.6 is 23.2 Å². The molecule has 1 aromatic carbocycles. The largest absolute Gasteiger partial charge is 0.417 e. The molecular weight excluding hydrogens is 438 g/mol. The Balaban J connectivity index is 1.36.